The monoisotopic (exact) mass is 598 g/mol. The smallest absolute Gasteiger partial charge is 0.255 e. The summed E-state index contributed by atoms with van der Waals surface area (Å²) >= 11 is 0. The van der Waals surface area contributed by atoms with Crippen molar-refractivity contribution in [3.63, 3.8) is 0 Å². The zero-order chi connectivity index (χ0) is 30.4. The summed E-state index contributed by atoms with van der Waals surface area (Å²) in [7, 11) is 0. The fraction of sp³-hybridized carbons (Fsp3) is 0.378. The molecule has 228 valence electrons. The number of carbonyl (C=O) groups is 2. The molecule has 8 heteroatoms. The van der Waals surface area contributed by atoms with Gasteiger partial charge in [0.05, 0.1) is 16.8 Å². The molecule has 2 amide bonds. The van der Waals surface area contributed by atoms with Gasteiger partial charge in [-0.15, -0.1) is 0 Å². The third-order valence-corrected chi connectivity index (χ3v) is 10.9. The van der Waals surface area contributed by atoms with Gasteiger partial charge in [0.2, 0.25) is 5.91 Å². The molecule has 2 unspecified atom stereocenters. The molecule has 2 saturated heterocycles. The molecule has 4 aliphatic rings. The van der Waals surface area contributed by atoms with E-state index in [1.165, 1.54) is 23.7 Å². The number of likely N-dealkylation sites (tertiary alicyclic amines) is 1. The predicted octanol–water partition coefficient (Wildman–Crippen LogP) is 6.03. The van der Waals surface area contributed by atoms with Gasteiger partial charge in [-0.05, 0) is 98.4 Å². The molecule has 2 aromatic carbocycles. The number of hydrogen-bond acceptors (Lipinski definition) is 4. The van der Waals surface area contributed by atoms with Crippen LogP contribution in [0.25, 0.3) is 38.9 Å². The molecule has 2 saturated carbocycles. The van der Waals surface area contributed by atoms with Crippen LogP contribution >= 0.6 is 0 Å². The minimum Gasteiger partial charge on any atom is -0.339 e. The van der Waals surface area contributed by atoms with E-state index in [0.29, 0.717) is 23.8 Å². The molecular weight excluding hydrogens is 560 g/mol. The zero-order valence-corrected chi connectivity index (χ0v) is 25.7. The first-order valence-corrected chi connectivity index (χ1v) is 16.5. The normalized spacial score (nSPS) is 22.9. The molecule has 4 fully saturated rings. The first kappa shape index (κ1) is 26.9. The summed E-state index contributed by atoms with van der Waals surface area (Å²) in [6.45, 7) is 4.66. The summed E-state index contributed by atoms with van der Waals surface area (Å²) < 4.78 is 4.35. The number of nitrogens with zero attached hydrogens (tertiary/aromatic N) is 5. The van der Waals surface area contributed by atoms with E-state index in [-0.39, 0.29) is 23.9 Å². The van der Waals surface area contributed by atoms with Gasteiger partial charge in [0.15, 0.2) is 0 Å². The number of rotatable bonds is 6. The summed E-state index contributed by atoms with van der Waals surface area (Å²) in [4.78, 5) is 29.7. The lowest BCUT2D eigenvalue weighted by Gasteiger charge is -2.27. The lowest BCUT2D eigenvalue weighted by molar-refractivity contribution is -0.117. The number of piperidine rings is 1. The Morgan fingerprint density at radius 2 is 1.78 bits per heavy atom. The van der Waals surface area contributed by atoms with Crippen molar-refractivity contribution in [2.75, 3.05) is 18.0 Å². The average molecular weight is 599 g/mol. The summed E-state index contributed by atoms with van der Waals surface area (Å²) in [6.07, 6.45) is 8.11. The van der Waals surface area contributed by atoms with Crippen molar-refractivity contribution in [2.45, 2.75) is 64.1 Å². The fourth-order valence-electron chi connectivity index (χ4n) is 8.13. The van der Waals surface area contributed by atoms with E-state index in [9.17, 15) is 9.59 Å². The average Bonchev–Trinajstić information content (AvgIpc) is 3.30. The van der Waals surface area contributed by atoms with Crippen LogP contribution < -0.4 is 10.6 Å². The molecule has 3 aromatic heterocycles. The number of carbonyl (C=O) groups excluding carboxylic acids is 2. The second-order valence-electron chi connectivity index (χ2n) is 13.7. The maximum atomic E-state index is 13.5. The number of hydrogen-bond donors (Lipinski definition) is 1. The molecule has 5 heterocycles. The SMILES string of the molecule is Cc1c(-c2cc3ccc(-c4ccc(N5CCCC5=O)cc4)cc3n2CC2CC2)nn2cc(C(=O)N3CC4CCC3[C@@H]4N)ccc12. The molecule has 3 atom stereocenters. The fourth-order valence-corrected chi connectivity index (χ4v) is 8.13. The molecule has 8 nitrogen and oxygen atoms in total. The maximum Gasteiger partial charge on any atom is 0.255 e. The highest BCUT2D eigenvalue weighted by Gasteiger charge is 2.47. The van der Waals surface area contributed by atoms with Gasteiger partial charge in [0, 0.05) is 66.5 Å². The molecule has 5 aromatic rings. The Labute approximate surface area is 262 Å². The van der Waals surface area contributed by atoms with Crippen LogP contribution in [-0.4, -0.2) is 56.1 Å². The number of pyridine rings is 1. The summed E-state index contributed by atoms with van der Waals surface area (Å²) in [5.41, 5.74) is 15.8. The van der Waals surface area contributed by atoms with Gasteiger partial charge in [0.1, 0.15) is 5.69 Å². The number of benzene rings is 2. The van der Waals surface area contributed by atoms with Gasteiger partial charge in [-0.25, -0.2) is 4.52 Å². The highest BCUT2D eigenvalue weighted by Crippen LogP contribution is 2.40. The number of amides is 2. The van der Waals surface area contributed by atoms with E-state index < -0.39 is 0 Å². The first-order valence-electron chi connectivity index (χ1n) is 16.5. The van der Waals surface area contributed by atoms with E-state index in [1.807, 2.05) is 32.6 Å². The van der Waals surface area contributed by atoms with Crippen LogP contribution in [0.1, 0.15) is 54.4 Å². The van der Waals surface area contributed by atoms with Crippen LogP contribution in [0.2, 0.25) is 0 Å². The number of fused-ring (bicyclic) bond motifs is 4. The van der Waals surface area contributed by atoms with Crippen molar-refractivity contribution in [1.29, 1.82) is 0 Å². The van der Waals surface area contributed by atoms with Crippen molar-refractivity contribution in [3.8, 4) is 22.5 Å². The zero-order valence-electron chi connectivity index (χ0n) is 25.7. The third-order valence-electron chi connectivity index (χ3n) is 10.9. The van der Waals surface area contributed by atoms with Crippen LogP contribution in [0.4, 0.5) is 5.69 Å². The van der Waals surface area contributed by atoms with E-state index in [2.05, 4.69) is 60.0 Å². The molecule has 2 bridgehead atoms. The highest BCUT2D eigenvalue weighted by molar-refractivity contribution is 5.97. The molecule has 45 heavy (non-hydrogen) atoms. The van der Waals surface area contributed by atoms with Crippen molar-refractivity contribution in [1.82, 2.24) is 19.1 Å². The van der Waals surface area contributed by atoms with E-state index in [0.717, 1.165) is 78.2 Å². The first-order chi connectivity index (χ1) is 21.9. The Morgan fingerprint density at radius 3 is 2.49 bits per heavy atom. The van der Waals surface area contributed by atoms with E-state index >= 15 is 0 Å². The second-order valence-corrected chi connectivity index (χ2v) is 13.7. The van der Waals surface area contributed by atoms with Crippen molar-refractivity contribution < 1.29 is 9.59 Å². The van der Waals surface area contributed by atoms with Gasteiger partial charge in [-0.2, -0.15) is 5.10 Å². The molecule has 2 aliphatic carbocycles. The number of anilines is 1. The summed E-state index contributed by atoms with van der Waals surface area (Å²) in [5.74, 6) is 1.38. The highest BCUT2D eigenvalue weighted by atomic mass is 16.2. The minimum atomic E-state index is 0.0599. The second kappa shape index (κ2) is 10.0. The largest absolute Gasteiger partial charge is 0.339 e. The molecule has 0 spiro atoms. The van der Waals surface area contributed by atoms with E-state index in [4.69, 9.17) is 10.8 Å². The molecular formula is C37H38N6O2. The Morgan fingerprint density at radius 1 is 0.956 bits per heavy atom. The van der Waals surface area contributed by atoms with Crippen molar-refractivity contribution in [3.05, 3.63) is 78.0 Å². The quantitative estimate of drug-likeness (QED) is 0.259. The lowest BCUT2D eigenvalue weighted by Crippen LogP contribution is -2.41. The third kappa shape index (κ3) is 4.33. The molecule has 2 N–H and O–H groups in total. The number of aromatic nitrogens is 3. The van der Waals surface area contributed by atoms with Crippen LogP contribution in [0, 0.1) is 18.8 Å². The summed E-state index contributed by atoms with van der Waals surface area (Å²) in [6, 6.07) is 21.6. The standard InChI is InChI=1S/C37H38N6O2/c1-22-30-14-11-28(37(45)42-20-27-10-15-31(42)35(27)38)21-43(30)39-36(22)33-18-26-7-6-25(17-32(26)41(33)19-23-4-5-23)24-8-12-29(13-9-24)40-16-2-3-34(40)44/h6-9,11-14,17-18,21,23,27,31,35H,2-5,10,15-16,19-20,38H2,1H3/t27?,31?,35-/m1/s1. The number of nitrogens with two attached hydrogens (primary N) is 1. The lowest BCUT2D eigenvalue weighted by atomic mass is 10.0. The van der Waals surface area contributed by atoms with Crippen LogP contribution in [0.5, 0.6) is 0 Å². The van der Waals surface area contributed by atoms with Gasteiger partial charge >= 0.3 is 0 Å². The Bertz CT molecular complexity index is 2000. The predicted molar refractivity (Wildman–Crippen MR) is 176 cm³/mol. The van der Waals surface area contributed by atoms with Crippen LogP contribution in [0.3, 0.4) is 0 Å². The van der Waals surface area contributed by atoms with Crippen molar-refractivity contribution >= 4 is 33.9 Å². The Kier molecular flexibility index (Phi) is 6.01. The topological polar surface area (TPSA) is 88.9 Å². The van der Waals surface area contributed by atoms with Gasteiger partial charge in [0.25, 0.3) is 5.91 Å². The van der Waals surface area contributed by atoms with Crippen LogP contribution in [0.15, 0.2) is 66.9 Å². The Balaban J connectivity index is 1.08. The molecule has 9 rings (SSSR count). The van der Waals surface area contributed by atoms with Gasteiger partial charge < -0.3 is 20.1 Å². The van der Waals surface area contributed by atoms with Crippen LogP contribution in [-0.2, 0) is 11.3 Å². The van der Waals surface area contributed by atoms with Gasteiger partial charge in [-0.1, -0.05) is 24.3 Å². The minimum absolute atomic E-state index is 0.0599. The van der Waals surface area contributed by atoms with E-state index in [1.54, 1.807) is 0 Å². The molecule has 2 aliphatic heterocycles. The maximum absolute atomic E-state index is 13.5. The van der Waals surface area contributed by atoms with Crippen molar-refractivity contribution in [2.24, 2.45) is 17.6 Å². The Hall–Kier alpha value is -4.43. The molecule has 0 radical (unpaired) electrons. The number of aryl methyl sites for hydroxylation is 1. The summed E-state index contributed by atoms with van der Waals surface area (Å²) in [5, 5.41) is 6.30. The van der Waals surface area contributed by atoms with Gasteiger partial charge in [-0.3, -0.25) is 9.59 Å².